The van der Waals surface area contributed by atoms with E-state index < -0.39 is 16.6 Å². The summed E-state index contributed by atoms with van der Waals surface area (Å²) in [5, 5.41) is 32.4. The Morgan fingerprint density at radius 1 is 0.972 bits per heavy atom. The number of nitrogens with zero attached hydrogens (tertiary/aromatic N) is 3. The summed E-state index contributed by atoms with van der Waals surface area (Å²) in [6.45, 7) is 9.31. The molecule has 2 heterocycles. The molecule has 8 atom stereocenters. The zero-order valence-corrected chi connectivity index (χ0v) is 22.5. The Hall–Kier alpha value is -1.08. The van der Waals surface area contributed by atoms with Crippen LogP contribution < -0.4 is 0 Å². The van der Waals surface area contributed by atoms with Gasteiger partial charge in [-0.05, 0) is 119 Å². The second kappa shape index (κ2) is 9.29. The van der Waals surface area contributed by atoms with Gasteiger partial charge in [-0.2, -0.15) is 10.2 Å². The van der Waals surface area contributed by atoms with Crippen LogP contribution in [0, 0.1) is 28.6 Å². The van der Waals surface area contributed by atoms with Crippen LogP contribution in [0.5, 0.6) is 0 Å². The van der Waals surface area contributed by atoms with Crippen LogP contribution in [0.3, 0.4) is 0 Å². The van der Waals surface area contributed by atoms with Crippen LogP contribution in [-0.2, 0) is 10.3 Å². The van der Waals surface area contributed by atoms with E-state index >= 15 is 0 Å². The summed E-state index contributed by atoms with van der Waals surface area (Å²) in [7, 11) is 0. The highest BCUT2D eigenvalue weighted by atomic mass is 16.5. The molecule has 6 heteroatoms. The van der Waals surface area contributed by atoms with Crippen molar-refractivity contribution in [1.29, 1.82) is 0 Å². The predicted molar refractivity (Wildman–Crippen MR) is 139 cm³/mol. The average molecular weight is 498 g/mol. The minimum Gasteiger partial charge on any atom is -0.389 e. The van der Waals surface area contributed by atoms with E-state index in [4.69, 9.17) is 4.74 Å². The van der Waals surface area contributed by atoms with E-state index in [9.17, 15) is 10.2 Å². The quantitative estimate of drug-likeness (QED) is 0.555. The van der Waals surface area contributed by atoms with Crippen LogP contribution in [0.15, 0.2) is 18.5 Å². The van der Waals surface area contributed by atoms with E-state index in [-0.39, 0.29) is 11.3 Å². The number of hydrogen-bond acceptors (Lipinski definition) is 6. The van der Waals surface area contributed by atoms with Gasteiger partial charge in [0.1, 0.15) is 0 Å². The normalized spacial score (nSPS) is 46.8. The molecule has 200 valence electrons. The molecule has 5 fully saturated rings. The summed E-state index contributed by atoms with van der Waals surface area (Å²) in [4.78, 5) is 2.58. The first-order valence-electron chi connectivity index (χ1n) is 14.9. The van der Waals surface area contributed by atoms with Crippen molar-refractivity contribution in [1.82, 2.24) is 15.1 Å². The number of aliphatic hydroxyl groups is 2. The molecule has 4 saturated carbocycles. The SMILES string of the molecule is C[C@]12CCC(OCCCN3CCCC3)CC1CC[C@@H]1[C@H]2CC[C@]2(C)C(O)(c3ccnnc3)CC[C@@]12O. The van der Waals surface area contributed by atoms with E-state index in [1.54, 1.807) is 12.4 Å². The molecular formula is C30H47N3O3. The van der Waals surface area contributed by atoms with Crippen molar-refractivity contribution < 1.29 is 14.9 Å². The average Bonchev–Trinajstić information content (AvgIpc) is 3.48. The van der Waals surface area contributed by atoms with Crippen LogP contribution in [0.1, 0.15) is 96.5 Å². The third-order valence-corrected chi connectivity index (χ3v) is 12.2. The molecule has 0 bridgehead atoms. The van der Waals surface area contributed by atoms with Gasteiger partial charge in [0.2, 0.25) is 0 Å². The smallest absolute Gasteiger partial charge is 0.0994 e. The molecule has 1 saturated heterocycles. The molecule has 6 rings (SSSR count). The first-order valence-corrected chi connectivity index (χ1v) is 14.9. The van der Waals surface area contributed by atoms with Gasteiger partial charge in [-0.25, -0.2) is 0 Å². The standard InChI is InChI=1S/C30H47N3O3/c1-27-11-8-24(36-19-5-18-33-16-3-4-17-33)20-22(27)6-7-26-25(27)9-12-28(2)29(34,13-14-30(26,28)35)23-10-15-31-32-21-23/h10,15,21-22,24-26,34-35H,3-9,11-14,16-20H2,1-2H3/t22?,24?,25-,26-,27+,28-,29?,30-/m1/s1. The van der Waals surface area contributed by atoms with E-state index in [1.807, 2.05) is 6.07 Å². The summed E-state index contributed by atoms with van der Waals surface area (Å²) in [6, 6.07) is 1.89. The molecular weight excluding hydrogens is 450 g/mol. The molecule has 36 heavy (non-hydrogen) atoms. The van der Waals surface area contributed by atoms with Crippen molar-refractivity contribution in [2.24, 2.45) is 28.6 Å². The highest BCUT2D eigenvalue weighted by molar-refractivity contribution is 5.30. The molecule has 3 unspecified atom stereocenters. The van der Waals surface area contributed by atoms with E-state index in [0.29, 0.717) is 30.8 Å². The molecule has 0 spiro atoms. The van der Waals surface area contributed by atoms with Gasteiger partial charge in [-0.15, -0.1) is 0 Å². The van der Waals surface area contributed by atoms with E-state index in [0.717, 1.165) is 44.3 Å². The van der Waals surface area contributed by atoms with Crippen LogP contribution in [0.4, 0.5) is 0 Å². The number of hydrogen-bond donors (Lipinski definition) is 2. The van der Waals surface area contributed by atoms with Crippen molar-refractivity contribution in [2.75, 3.05) is 26.2 Å². The maximum absolute atomic E-state index is 12.4. The lowest BCUT2D eigenvalue weighted by molar-refractivity contribution is -0.239. The minimum absolute atomic E-state index is 0.263. The molecule has 2 N–H and O–H groups in total. The van der Waals surface area contributed by atoms with Crippen molar-refractivity contribution >= 4 is 0 Å². The molecule has 1 aliphatic heterocycles. The van der Waals surface area contributed by atoms with Gasteiger partial charge in [-0.3, -0.25) is 0 Å². The third kappa shape index (κ3) is 3.72. The first-order chi connectivity index (χ1) is 17.3. The largest absolute Gasteiger partial charge is 0.389 e. The number of fused-ring (bicyclic) bond motifs is 5. The van der Waals surface area contributed by atoms with E-state index in [2.05, 4.69) is 28.9 Å². The van der Waals surface area contributed by atoms with Crippen molar-refractivity contribution in [3.05, 3.63) is 24.0 Å². The van der Waals surface area contributed by atoms with Gasteiger partial charge >= 0.3 is 0 Å². The van der Waals surface area contributed by atoms with Gasteiger partial charge in [0.25, 0.3) is 0 Å². The van der Waals surface area contributed by atoms with Crippen molar-refractivity contribution in [3.63, 3.8) is 0 Å². The molecule has 0 radical (unpaired) electrons. The fraction of sp³-hybridized carbons (Fsp3) is 0.867. The first kappa shape index (κ1) is 25.2. The second-order valence-corrected chi connectivity index (χ2v) is 13.4. The number of rotatable bonds is 6. The number of aromatic nitrogens is 2. The fourth-order valence-electron chi connectivity index (χ4n) is 9.90. The third-order valence-electron chi connectivity index (χ3n) is 12.2. The van der Waals surface area contributed by atoms with Crippen LogP contribution >= 0.6 is 0 Å². The Morgan fingerprint density at radius 2 is 1.81 bits per heavy atom. The Morgan fingerprint density at radius 3 is 2.58 bits per heavy atom. The maximum Gasteiger partial charge on any atom is 0.0994 e. The van der Waals surface area contributed by atoms with Gasteiger partial charge in [0, 0.05) is 30.3 Å². The Bertz CT molecular complexity index is 925. The van der Waals surface area contributed by atoms with Gasteiger partial charge < -0.3 is 19.8 Å². The second-order valence-electron chi connectivity index (χ2n) is 13.4. The van der Waals surface area contributed by atoms with Crippen molar-refractivity contribution in [2.45, 2.75) is 108 Å². The van der Waals surface area contributed by atoms with Crippen molar-refractivity contribution in [3.8, 4) is 0 Å². The molecule has 1 aromatic rings. The summed E-state index contributed by atoms with van der Waals surface area (Å²) in [5.41, 5.74) is -1.33. The molecule has 6 nitrogen and oxygen atoms in total. The highest BCUT2D eigenvalue weighted by Gasteiger charge is 2.72. The number of ether oxygens (including phenoxy) is 1. The lowest BCUT2D eigenvalue weighted by Crippen LogP contribution is -2.64. The van der Waals surface area contributed by atoms with Gasteiger partial charge in [-0.1, -0.05) is 13.8 Å². The fourth-order valence-corrected chi connectivity index (χ4v) is 9.90. The zero-order valence-electron chi connectivity index (χ0n) is 22.5. The maximum atomic E-state index is 12.4. The molecule has 5 aliphatic rings. The topological polar surface area (TPSA) is 78.7 Å². The predicted octanol–water partition coefficient (Wildman–Crippen LogP) is 4.69. The Balaban J connectivity index is 1.13. The zero-order chi connectivity index (χ0) is 25.0. The summed E-state index contributed by atoms with van der Waals surface area (Å²) in [6.07, 6.45) is 16.7. The monoisotopic (exact) mass is 497 g/mol. The van der Waals surface area contributed by atoms with E-state index in [1.165, 1.54) is 51.7 Å². The molecule has 0 aromatic carbocycles. The molecule has 1 aromatic heterocycles. The lowest BCUT2D eigenvalue weighted by Gasteiger charge is -2.64. The summed E-state index contributed by atoms with van der Waals surface area (Å²) in [5.74, 6) is 1.48. The Kier molecular flexibility index (Phi) is 6.50. The Labute approximate surface area is 217 Å². The molecule has 0 amide bonds. The van der Waals surface area contributed by atoms with Gasteiger partial charge in [0.15, 0.2) is 0 Å². The van der Waals surface area contributed by atoms with Crippen LogP contribution in [0.25, 0.3) is 0 Å². The minimum atomic E-state index is -1.04. The van der Waals surface area contributed by atoms with Crippen LogP contribution in [-0.4, -0.2) is 63.3 Å². The lowest BCUT2D eigenvalue weighted by atomic mass is 9.43. The van der Waals surface area contributed by atoms with Gasteiger partial charge in [0.05, 0.1) is 23.5 Å². The summed E-state index contributed by atoms with van der Waals surface area (Å²) < 4.78 is 6.43. The number of likely N-dealkylation sites (tertiary alicyclic amines) is 1. The van der Waals surface area contributed by atoms with Crippen LogP contribution in [0.2, 0.25) is 0 Å². The molecule has 4 aliphatic carbocycles. The summed E-state index contributed by atoms with van der Waals surface area (Å²) >= 11 is 0. The highest BCUT2D eigenvalue weighted by Crippen LogP contribution is 2.71.